The molecule has 0 aromatic heterocycles. The van der Waals surface area contributed by atoms with Crippen molar-refractivity contribution in [2.75, 3.05) is 6.61 Å². The Balaban J connectivity index is 1.97. The summed E-state index contributed by atoms with van der Waals surface area (Å²) in [4.78, 5) is 11.8. The summed E-state index contributed by atoms with van der Waals surface area (Å²) >= 11 is 0. The topological polar surface area (TPSA) is 38.3 Å². The van der Waals surface area contributed by atoms with Gasteiger partial charge in [-0.15, -0.1) is 0 Å². The van der Waals surface area contributed by atoms with Crippen LogP contribution in [0.4, 0.5) is 17.6 Å². The molecule has 3 nitrogen and oxygen atoms in total. The zero-order valence-electron chi connectivity index (χ0n) is 11.8. The number of ether oxygens (including phenoxy) is 1. The lowest BCUT2D eigenvalue weighted by molar-refractivity contribution is -0.163. The van der Waals surface area contributed by atoms with Crippen molar-refractivity contribution in [1.29, 1.82) is 0 Å². The van der Waals surface area contributed by atoms with Crippen LogP contribution in [0.15, 0.2) is 24.3 Å². The first-order valence-corrected chi connectivity index (χ1v) is 7.09. The molecular formula is C15H17F4NO2. The van der Waals surface area contributed by atoms with E-state index in [1.165, 1.54) is 0 Å². The van der Waals surface area contributed by atoms with Gasteiger partial charge in [-0.05, 0) is 37.0 Å². The van der Waals surface area contributed by atoms with Crippen molar-refractivity contribution >= 4 is 5.91 Å². The van der Waals surface area contributed by atoms with Crippen LogP contribution in [0.25, 0.3) is 0 Å². The summed E-state index contributed by atoms with van der Waals surface area (Å²) < 4.78 is 57.4. The van der Waals surface area contributed by atoms with Crippen LogP contribution in [-0.4, -0.2) is 24.8 Å². The van der Waals surface area contributed by atoms with E-state index in [4.69, 9.17) is 4.74 Å². The number of carbonyl (C=O) groups excluding carboxylic acids is 1. The number of benzene rings is 1. The minimum absolute atomic E-state index is 0.0293. The molecule has 1 aromatic carbocycles. The van der Waals surface area contributed by atoms with Gasteiger partial charge >= 0.3 is 6.18 Å². The van der Waals surface area contributed by atoms with Crippen molar-refractivity contribution < 1.29 is 27.1 Å². The van der Waals surface area contributed by atoms with Crippen molar-refractivity contribution in [3.05, 3.63) is 35.6 Å². The summed E-state index contributed by atoms with van der Waals surface area (Å²) in [5.41, 5.74) is -0.195. The van der Waals surface area contributed by atoms with Gasteiger partial charge in [-0.1, -0.05) is 12.1 Å². The summed E-state index contributed by atoms with van der Waals surface area (Å²) in [6.07, 6.45) is -2.59. The molecule has 0 saturated carbocycles. The molecule has 1 fully saturated rings. The molecule has 1 aromatic rings. The number of carbonyl (C=O) groups is 1. The highest BCUT2D eigenvalue weighted by Crippen LogP contribution is 2.33. The molecule has 1 N–H and O–H groups in total. The second-order valence-electron chi connectivity index (χ2n) is 5.27. The van der Waals surface area contributed by atoms with E-state index >= 15 is 0 Å². The number of hydrogen-bond donors (Lipinski definition) is 1. The van der Waals surface area contributed by atoms with Crippen LogP contribution >= 0.6 is 0 Å². The standard InChI is InChI=1S/C15H17F4NO2/c16-11-5-3-10(4-6-11)14(15(17,18)19)20-13(21)8-7-12-2-1-9-22-12/h3-6,12,14H,1-2,7-9H2,(H,20,21)/t12-,14-/m1/s1. The summed E-state index contributed by atoms with van der Waals surface area (Å²) in [5.74, 6) is -1.32. The average Bonchev–Trinajstić information content (AvgIpc) is 2.96. The van der Waals surface area contributed by atoms with Gasteiger partial charge in [0.15, 0.2) is 6.04 Å². The maximum absolute atomic E-state index is 13.1. The van der Waals surface area contributed by atoms with Crippen LogP contribution in [0.5, 0.6) is 0 Å². The fraction of sp³-hybridized carbons (Fsp3) is 0.533. The molecule has 0 aliphatic carbocycles. The van der Waals surface area contributed by atoms with Gasteiger partial charge in [-0.25, -0.2) is 4.39 Å². The number of alkyl halides is 3. The third-order valence-electron chi connectivity index (χ3n) is 3.55. The molecule has 122 valence electrons. The van der Waals surface area contributed by atoms with Crippen molar-refractivity contribution in [3.63, 3.8) is 0 Å². The summed E-state index contributed by atoms with van der Waals surface area (Å²) in [6, 6.07) is 1.78. The first kappa shape index (κ1) is 16.7. The molecule has 22 heavy (non-hydrogen) atoms. The molecule has 1 saturated heterocycles. The monoisotopic (exact) mass is 319 g/mol. The predicted octanol–water partition coefficient (Wildman–Crippen LogP) is 3.50. The molecule has 0 radical (unpaired) electrons. The van der Waals surface area contributed by atoms with Crippen molar-refractivity contribution in [2.24, 2.45) is 0 Å². The number of hydrogen-bond acceptors (Lipinski definition) is 2. The first-order chi connectivity index (χ1) is 10.4. The van der Waals surface area contributed by atoms with Gasteiger partial charge in [-0.3, -0.25) is 4.79 Å². The van der Waals surface area contributed by atoms with Crippen molar-refractivity contribution in [3.8, 4) is 0 Å². The maximum Gasteiger partial charge on any atom is 0.412 e. The highest BCUT2D eigenvalue weighted by molar-refractivity contribution is 5.76. The second kappa shape index (κ2) is 7.09. The first-order valence-electron chi connectivity index (χ1n) is 7.09. The number of rotatable bonds is 5. The summed E-state index contributed by atoms with van der Waals surface area (Å²) in [7, 11) is 0. The van der Waals surface area contributed by atoms with Gasteiger partial charge in [0, 0.05) is 13.0 Å². The van der Waals surface area contributed by atoms with E-state index in [0.717, 1.165) is 37.1 Å². The molecule has 1 aliphatic heterocycles. The van der Waals surface area contributed by atoms with Gasteiger partial charge in [0.25, 0.3) is 0 Å². The largest absolute Gasteiger partial charge is 0.412 e. The van der Waals surface area contributed by atoms with Gasteiger partial charge in [-0.2, -0.15) is 13.2 Å². The highest BCUT2D eigenvalue weighted by Gasteiger charge is 2.41. The van der Waals surface area contributed by atoms with Crippen LogP contribution in [0.2, 0.25) is 0 Å². The van der Waals surface area contributed by atoms with E-state index in [2.05, 4.69) is 0 Å². The van der Waals surface area contributed by atoms with Crippen LogP contribution in [-0.2, 0) is 9.53 Å². The quantitative estimate of drug-likeness (QED) is 0.844. The fourth-order valence-electron chi connectivity index (χ4n) is 2.41. The number of halogens is 4. The van der Waals surface area contributed by atoms with Crippen molar-refractivity contribution in [2.45, 2.75) is 44.0 Å². The molecule has 0 bridgehead atoms. The van der Waals surface area contributed by atoms with E-state index in [0.29, 0.717) is 13.0 Å². The Labute approximate surface area is 125 Å². The average molecular weight is 319 g/mol. The van der Waals surface area contributed by atoms with Crippen LogP contribution in [0.1, 0.15) is 37.3 Å². The molecule has 7 heteroatoms. The number of amides is 1. The molecule has 1 amide bonds. The second-order valence-corrected chi connectivity index (χ2v) is 5.27. The lowest BCUT2D eigenvalue weighted by Gasteiger charge is -2.22. The highest BCUT2D eigenvalue weighted by atomic mass is 19.4. The van der Waals surface area contributed by atoms with E-state index in [-0.39, 0.29) is 18.1 Å². The Morgan fingerprint density at radius 3 is 2.55 bits per heavy atom. The van der Waals surface area contributed by atoms with Gasteiger partial charge < -0.3 is 10.1 Å². The fourth-order valence-corrected chi connectivity index (χ4v) is 2.41. The van der Waals surface area contributed by atoms with Crippen LogP contribution in [0, 0.1) is 5.82 Å². The van der Waals surface area contributed by atoms with Gasteiger partial charge in [0.2, 0.25) is 5.91 Å². The zero-order chi connectivity index (χ0) is 16.2. The predicted molar refractivity (Wildman–Crippen MR) is 71.5 cm³/mol. The molecule has 1 heterocycles. The molecule has 0 spiro atoms. The molecule has 1 aliphatic rings. The van der Waals surface area contributed by atoms with Gasteiger partial charge in [0.05, 0.1) is 6.10 Å². The Morgan fingerprint density at radius 2 is 2.00 bits per heavy atom. The van der Waals surface area contributed by atoms with Gasteiger partial charge in [0.1, 0.15) is 5.82 Å². The Bertz CT molecular complexity index is 495. The Hall–Kier alpha value is -1.63. The normalized spacial score (nSPS) is 19.9. The van der Waals surface area contributed by atoms with Crippen molar-refractivity contribution in [1.82, 2.24) is 5.32 Å². The third-order valence-corrected chi connectivity index (χ3v) is 3.55. The lowest BCUT2D eigenvalue weighted by atomic mass is 10.1. The molecule has 2 atom stereocenters. The minimum atomic E-state index is -4.64. The summed E-state index contributed by atoms with van der Waals surface area (Å²) in [6.45, 7) is 0.632. The van der Waals surface area contributed by atoms with Crippen LogP contribution < -0.4 is 5.32 Å². The van der Waals surface area contributed by atoms with E-state index in [9.17, 15) is 22.4 Å². The molecular weight excluding hydrogens is 302 g/mol. The SMILES string of the molecule is O=C(CC[C@H]1CCCO1)N[C@H](c1ccc(F)cc1)C(F)(F)F. The smallest absolute Gasteiger partial charge is 0.378 e. The van der Waals surface area contributed by atoms with E-state index < -0.39 is 23.9 Å². The zero-order valence-corrected chi connectivity index (χ0v) is 11.8. The molecule has 0 unspecified atom stereocenters. The molecule has 2 rings (SSSR count). The van der Waals surface area contributed by atoms with E-state index in [1.807, 2.05) is 5.32 Å². The lowest BCUT2D eigenvalue weighted by Crippen LogP contribution is -2.38. The number of nitrogens with one attached hydrogen (secondary N) is 1. The summed E-state index contributed by atoms with van der Waals surface area (Å²) in [5, 5.41) is 1.97. The maximum atomic E-state index is 13.1. The Kier molecular flexibility index (Phi) is 5.39. The van der Waals surface area contributed by atoms with Crippen LogP contribution in [0.3, 0.4) is 0 Å². The van der Waals surface area contributed by atoms with E-state index in [1.54, 1.807) is 0 Å². The Morgan fingerprint density at radius 1 is 1.32 bits per heavy atom. The third kappa shape index (κ3) is 4.69. The minimum Gasteiger partial charge on any atom is -0.378 e.